The van der Waals surface area contributed by atoms with Crippen LogP contribution in [0, 0.1) is 12.8 Å². The zero-order valence-electron chi connectivity index (χ0n) is 23.6. The number of carboxylic acid groups (broad SMARTS) is 1. The highest BCUT2D eigenvalue weighted by Crippen LogP contribution is 2.26. The van der Waals surface area contributed by atoms with Gasteiger partial charge in [-0.25, -0.2) is 4.98 Å². The van der Waals surface area contributed by atoms with Crippen LogP contribution >= 0.6 is 0 Å². The molecule has 0 saturated carbocycles. The molecule has 0 bridgehead atoms. The SMILES string of the molecule is Cc1oc(-c2ccc(N3CCOCC3)cc2)nc1CCOc1ccc(CCC(=O)O)c(CNC(=O)CC(C)C)c1. The van der Waals surface area contributed by atoms with Gasteiger partial charge >= 0.3 is 5.97 Å². The molecule has 0 unspecified atom stereocenters. The van der Waals surface area contributed by atoms with E-state index in [1.807, 2.05) is 51.1 Å². The molecule has 0 atom stereocenters. The third-order valence-electron chi connectivity index (χ3n) is 6.85. The van der Waals surface area contributed by atoms with Crippen molar-refractivity contribution < 1.29 is 28.6 Å². The van der Waals surface area contributed by atoms with E-state index < -0.39 is 5.97 Å². The molecule has 2 N–H and O–H groups in total. The highest BCUT2D eigenvalue weighted by atomic mass is 16.5. The lowest BCUT2D eigenvalue weighted by atomic mass is 10.0. The summed E-state index contributed by atoms with van der Waals surface area (Å²) in [6.07, 6.45) is 1.43. The molecule has 0 spiro atoms. The summed E-state index contributed by atoms with van der Waals surface area (Å²) in [5.74, 6) is 1.38. The minimum absolute atomic E-state index is 0.0247. The number of rotatable bonds is 13. The van der Waals surface area contributed by atoms with E-state index in [0.29, 0.717) is 44.1 Å². The molecular formula is C31H39N3O6. The topological polar surface area (TPSA) is 114 Å². The summed E-state index contributed by atoms with van der Waals surface area (Å²) in [6.45, 7) is 9.89. The van der Waals surface area contributed by atoms with Gasteiger partial charge in [0.1, 0.15) is 11.5 Å². The Hall–Kier alpha value is -3.85. The van der Waals surface area contributed by atoms with Gasteiger partial charge in [0, 0.05) is 50.1 Å². The van der Waals surface area contributed by atoms with Crippen molar-refractivity contribution in [2.75, 3.05) is 37.8 Å². The van der Waals surface area contributed by atoms with Crippen LogP contribution in [0.3, 0.4) is 0 Å². The molecular weight excluding hydrogens is 510 g/mol. The molecule has 2 aromatic carbocycles. The zero-order chi connectivity index (χ0) is 28.5. The van der Waals surface area contributed by atoms with E-state index >= 15 is 0 Å². The van der Waals surface area contributed by atoms with E-state index in [1.54, 1.807) is 0 Å². The maximum absolute atomic E-state index is 12.2. The lowest BCUT2D eigenvalue weighted by Crippen LogP contribution is -2.36. The fourth-order valence-electron chi connectivity index (χ4n) is 4.66. The number of carboxylic acids is 1. The van der Waals surface area contributed by atoms with E-state index in [0.717, 1.165) is 60.1 Å². The summed E-state index contributed by atoms with van der Waals surface area (Å²) in [7, 11) is 0. The van der Waals surface area contributed by atoms with Crippen LogP contribution < -0.4 is 15.0 Å². The molecule has 1 aromatic heterocycles. The van der Waals surface area contributed by atoms with Gasteiger partial charge in [-0.1, -0.05) is 19.9 Å². The highest BCUT2D eigenvalue weighted by Gasteiger charge is 2.15. The third kappa shape index (κ3) is 8.32. The number of carbonyl (C=O) groups excluding carboxylic acids is 1. The molecule has 40 heavy (non-hydrogen) atoms. The lowest BCUT2D eigenvalue weighted by molar-refractivity contribution is -0.137. The Labute approximate surface area is 235 Å². The van der Waals surface area contributed by atoms with Crippen LogP contribution in [0.1, 0.15) is 49.3 Å². The summed E-state index contributed by atoms with van der Waals surface area (Å²) < 4.78 is 17.4. The molecule has 9 nitrogen and oxygen atoms in total. The second-order valence-corrected chi connectivity index (χ2v) is 10.5. The van der Waals surface area contributed by atoms with Crippen molar-refractivity contribution in [1.82, 2.24) is 10.3 Å². The van der Waals surface area contributed by atoms with E-state index in [1.165, 1.54) is 0 Å². The minimum Gasteiger partial charge on any atom is -0.493 e. The highest BCUT2D eigenvalue weighted by molar-refractivity contribution is 5.76. The first-order valence-corrected chi connectivity index (χ1v) is 13.9. The maximum Gasteiger partial charge on any atom is 0.303 e. The number of benzene rings is 2. The van der Waals surface area contributed by atoms with Gasteiger partial charge in [-0.3, -0.25) is 9.59 Å². The fourth-order valence-corrected chi connectivity index (χ4v) is 4.66. The number of amides is 1. The molecule has 4 rings (SSSR count). The van der Waals surface area contributed by atoms with E-state index in [-0.39, 0.29) is 18.2 Å². The number of nitrogens with zero attached hydrogens (tertiary/aromatic N) is 2. The Balaban J connectivity index is 1.36. The average Bonchev–Trinajstić information content (AvgIpc) is 3.31. The van der Waals surface area contributed by atoms with E-state index in [4.69, 9.17) is 24.0 Å². The van der Waals surface area contributed by atoms with Crippen LogP contribution in [0.4, 0.5) is 5.69 Å². The fraction of sp³-hybridized carbons (Fsp3) is 0.452. The van der Waals surface area contributed by atoms with Crippen LogP contribution in [0.15, 0.2) is 46.9 Å². The van der Waals surface area contributed by atoms with Crippen molar-refractivity contribution >= 4 is 17.6 Å². The van der Waals surface area contributed by atoms with Crippen LogP contribution in [-0.2, 0) is 33.7 Å². The number of aliphatic carboxylic acids is 1. The predicted molar refractivity (Wildman–Crippen MR) is 153 cm³/mol. The third-order valence-corrected chi connectivity index (χ3v) is 6.85. The molecule has 1 amide bonds. The second-order valence-electron chi connectivity index (χ2n) is 10.5. The smallest absolute Gasteiger partial charge is 0.303 e. The van der Waals surface area contributed by atoms with Crippen LogP contribution in [0.5, 0.6) is 5.75 Å². The van der Waals surface area contributed by atoms with Gasteiger partial charge in [0.15, 0.2) is 0 Å². The molecule has 2 heterocycles. The summed E-state index contributed by atoms with van der Waals surface area (Å²) in [5, 5.41) is 12.1. The van der Waals surface area contributed by atoms with Crippen molar-refractivity contribution in [3.05, 3.63) is 65.0 Å². The van der Waals surface area contributed by atoms with Gasteiger partial charge in [0.25, 0.3) is 0 Å². The normalized spacial score (nSPS) is 13.4. The monoisotopic (exact) mass is 549 g/mol. The van der Waals surface area contributed by atoms with Crippen molar-refractivity contribution in [3.63, 3.8) is 0 Å². The first-order chi connectivity index (χ1) is 19.3. The van der Waals surface area contributed by atoms with E-state index in [2.05, 4.69) is 22.3 Å². The number of anilines is 1. The number of hydrogen-bond donors (Lipinski definition) is 2. The summed E-state index contributed by atoms with van der Waals surface area (Å²) in [6, 6.07) is 13.8. The van der Waals surface area contributed by atoms with Gasteiger partial charge in [0.05, 0.1) is 25.5 Å². The standard InChI is InChI=1S/C31H39N3O6/c1-21(2)18-29(35)32-20-25-19-27(10-6-23(25)7-11-30(36)37)39-15-12-28-22(3)40-31(33-28)24-4-8-26(9-5-24)34-13-16-38-17-14-34/h4-6,8-10,19,21H,7,11-18,20H2,1-3H3,(H,32,35)(H,36,37). The van der Waals surface area contributed by atoms with Gasteiger partial charge in [-0.2, -0.15) is 0 Å². The lowest BCUT2D eigenvalue weighted by Gasteiger charge is -2.28. The number of morpholine rings is 1. The van der Waals surface area contributed by atoms with Crippen LogP contribution in [0.25, 0.3) is 11.5 Å². The maximum atomic E-state index is 12.2. The van der Waals surface area contributed by atoms with Crippen LogP contribution in [0.2, 0.25) is 0 Å². The van der Waals surface area contributed by atoms with E-state index in [9.17, 15) is 9.59 Å². The summed E-state index contributed by atoms with van der Waals surface area (Å²) in [5.41, 5.74) is 4.67. The molecule has 0 radical (unpaired) electrons. The van der Waals surface area contributed by atoms with Crippen molar-refractivity contribution in [1.29, 1.82) is 0 Å². The van der Waals surface area contributed by atoms with Crippen LogP contribution in [-0.4, -0.2) is 54.9 Å². The molecule has 214 valence electrons. The molecule has 0 aliphatic carbocycles. The second kappa shape index (κ2) is 14.0. The number of hydrogen-bond acceptors (Lipinski definition) is 7. The minimum atomic E-state index is -0.856. The molecule has 9 heteroatoms. The van der Waals surface area contributed by atoms with Crippen molar-refractivity contribution in [2.45, 2.75) is 53.0 Å². The first-order valence-electron chi connectivity index (χ1n) is 13.9. The summed E-state index contributed by atoms with van der Waals surface area (Å²) in [4.78, 5) is 30.3. The number of carbonyl (C=O) groups is 2. The Morgan fingerprint density at radius 1 is 1.07 bits per heavy atom. The number of ether oxygens (including phenoxy) is 2. The van der Waals surface area contributed by atoms with Crippen molar-refractivity contribution in [2.24, 2.45) is 5.92 Å². The number of nitrogens with one attached hydrogen (secondary N) is 1. The quantitative estimate of drug-likeness (QED) is 0.313. The number of aromatic nitrogens is 1. The molecule has 3 aromatic rings. The van der Waals surface area contributed by atoms with Gasteiger partial charge in [-0.15, -0.1) is 0 Å². The average molecular weight is 550 g/mol. The van der Waals surface area contributed by atoms with Crippen molar-refractivity contribution in [3.8, 4) is 17.2 Å². The number of oxazole rings is 1. The van der Waals surface area contributed by atoms with Gasteiger partial charge < -0.3 is 29.2 Å². The van der Waals surface area contributed by atoms with Gasteiger partial charge in [-0.05, 0) is 66.8 Å². The zero-order valence-corrected chi connectivity index (χ0v) is 23.6. The largest absolute Gasteiger partial charge is 0.493 e. The molecule has 1 aliphatic rings. The Bertz CT molecular complexity index is 1280. The predicted octanol–water partition coefficient (Wildman–Crippen LogP) is 4.79. The van der Waals surface area contributed by atoms with Gasteiger partial charge in [0.2, 0.25) is 11.8 Å². The first kappa shape index (κ1) is 29.1. The number of aryl methyl sites for hydroxylation is 2. The Morgan fingerprint density at radius 3 is 2.52 bits per heavy atom. The molecule has 1 aliphatic heterocycles. The Morgan fingerprint density at radius 2 is 1.82 bits per heavy atom. The molecule has 1 fully saturated rings. The molecule has 1 saturated heterocycles. The Kier molecular flexibility index (Phi) is 10.2. The summed E-state index contributed by atoms with van der Waals surface area (Å²) >= 11 is 0.